The summed E-state index contributed by atoms with van der Waals surface area (Å²) in [6.45, 7) is 2.52. The number of nitrogens with one attached hydrogen (secondary N) is 1. The van der Waals surface area contributed by atoms with Crippen molar-refractivity contribution in [2.75, 3.05) is 38.7 Å². The van der Waals surface area contributed by atoms with Gasteiger partial charge in [-0.1, -0.05) is 0 Å². The first kappa shape index (κ1) is 23.8. The quantitative estimate of drug-likeness (QED) is 0.555. The first-order valence-corrected chi connectivity index (χ1v) is 11.3. The summed E-state index contributed by atoms with van der Waals surface area (Å²) in [6, 6.07) is 5.78. The Bertz CT molecular complexity index is 1240. The predicted octanol–water partition coefficient (Wildman–Crippen LogP) is 4.25. The van der Waals surface area contributed by atoms with Gasteiger partial charge >= 0.3 is 6.61 Å². The number of aromatic nitrogens is 1. The Morgan fingerprint density at radius 3 is 2.59 bits per heavy atom. The minimum Gasteiger partial charge on any atom is -0.493 e. The normalized spacial score (nSPS) is 13.9. The van der Waals surface area contributed by atoms with Gasteiger partial charge in [-0.2, -0.15) is 8.78 Å². The van der Waals surface area contributed by atoms with E-state index < -0.39 is 12.5 Å². The van der Waals surface area contributed by atoms with Gasteiger partial charge in [0, 0.05) is 29.7 Å². The van der Waals surface area contributed by atoms with Crippen LogP contribution < -0.4 is 14.8 Å². The molecular weight excluding hydrogens is 468 g/mol. The minimum absolute atomic E-state index is 0.0128. The van der Waals surface area contributed by atoms with E-state index in [0.29, 0.717) is 47.1 Å². The molecule has 1 fully saturated rings. The molecule has 1 saturated heterocycles. The van der Waals surface area contributed by atoms with E-state index in [0.717, 1.165) is 11.3 Å². The van der Waals surface area contributed by atoms with E-state index in [1.165, 1.54) is 36.6 Å². The number of methoxy groups -OCH3 is 1. The second kappa shape index (κ2) is 9.90. The standard InChI is InChI=1S/C23H23F2N3O5S/c1-12-10-13(2)26-21-17(12)18(19(34-21)22(30)28-6-8-32-9-7-28)27-20(29)14-4-5-15(33-23(24)25)16(11-14)31-3/h4-5,10-11,23H,6-9H2,1-3H3,(H,27,29). The van der Waals surface area contributed by atoms with Gasteiger partial charge in [0.1, 0.15) is 9.71 Å². The number of hydrogen-bond donors (Lipinski definition) is 1. The van der Waals surface area contributed by atoms with Crippen LogP contribution in [0.4, 0.5) is 14.5 Å². The molecule has 1 aliphatic rings. The number of thiophene rings is 1. The fourth-order valence-corrected chi connectivity index (χ4v) is 5.03. The number of ether oxygens (including phenoxy) is 3. The van der Waals surface area contributed by atoms with Crippen LogP contribution in [0.25, 0.3) is 10.2 Å². The second-order valence-corrected chi connectivity index (χ2v) is 8.67. The lowest BCUT2D eigenvalue weighted by Crippen LogP contribution is -2.40. The Labute approximate surface area is 198 Å². The van der Waals surface area contributed by atoms with Gasteiger partial charge in [0.15, 0.2) is 11.5 Å². The molecular formula is C23H23F2N3O5S. The lowest BCUT2D eigenvalue weighted by molar-refractivity contribution is -0.0512. The van der Waals surface area contributed by atoms with E-state index in [4.69, 9.17) is 9.47 Å². The Morgan fingerprint density at radius 1 is 1.18 bits per heavy atom. The monoisotopic (exact) mass is 491 g/mol. The lowest BCUT2D eigenvalue weighted by atomic mass is 10.1. The lowest BCUT2D eigenvalue weighted by Gasteiger charge is -2.26. The van der Waals surface area contributed by atoms with Crippen LogP contribution in [0.1, 0.15) is 31.3 Å². The SMILES string of the molecule is COc1cc(C(=O)Nc2c(C(=O)N3CCOCC3)sc3nc(C)cc(C)c23)ccc1OC(F)F. The van der Waals surface area contributed by atoms with Crippen LogP contribution >= 0.6 is 11.3 Å². The molecule has 1 N–H and O–H groups in total. The average molecular weight is 492 g/mol. The van der Waals surface area contributed by atoms with Crippen molar-refractivity contribution in [1.82, 2.24) is 9.88 Å². The molecule has 0 saturated carbocycles. The zero-order valence-electron chi connectivity index (χ0n) is 18.8. The minimum atomic E-state index is -3.03. The molecule has 0 atom stereocenters. The largest absolute Gasteiger partial charge is 0.493 e. The fourth-order valence-electron chi connectivity index (χ4n) is 3.81. The number of fused-ring (bicyclic) bond motifs is 1. The van der Waals surface area contributed by atoms with Crippen LogP contribution in [0.2, 0.25) is 0 Å². The number of hydrogen-bond acceptors (Lipinski definition) is 7. The summed E-state index contributed by atoms with van der Waals surface area (Å²) >= 11 is 1.22. The van der Waals surface area contributed by atoms with E-state index in [9.17, 15) is 18.4 Å². The van der Waals surface area contributed by atoms with E-state index in [2.05, 4.69) is 15.0 Å². The fraction of sp³-hybridized carbons (Fsp3) is 0.348. The molecule has 3 heterocycles. The third-order valence-electron chi connectivity index (χ3n) is 5.36. The van der Waals surface area contributed by atoms with Crippen molar-refractivity contribution in [3.8, 4) is 11.5 Å². The van der Waals surface area contributed by atoms with Gasteiger partial charge in [-0.3, -0.25) is 9.59 Å². The van der Waals surface area contributed by atoms with Gasteiger partial charge in [-0.05, 0) is 43.7 Å². The molecule has 3 aromatic rings. The summed E-state index contributed by atoms with van der Waals surface area (Å²) in [5.41, 5.74) is 2.20. The molecule has 180 valence electrons. The van der Waals surface area contributed by atoms with Crippen LogP contribution in [-0.4, -0.2) is 61.7 Å². The van der Waals surface area contributed by atoms with Gasteiger partial charge in [-0.15, -0.1) is 11.3 Å². The summed E-state index contributed by atoms with van der Waals surface area (Å²) in [5.74, 6) is -0.940. The Morgan fingerprint density at radius 2 is 1.91 bits per heavy atom. The molecule has 2 aromatic heterocycles. The van der Waals surface area contributed by atoms with Gasteiger partial charge in [0.2, 0.25) is 0 Å². The first-order chi connectivity index (χ1) is 16.3. The number of anilines is 1. The number of aryl methyl sites for hydroxylation is 2. The summed E-state index contributed by atoms with van der Waals surface area (Å²) in [6.07, 6.45) is 0. The van der Waals surface area contributed by atoms with Crippen LogP contribution in [-0.2, 0) is 4.74 Å². The Balaban J connectivity index is 1.73. The molecule has 4 rings (SSSR count). The molecule has 8 nitrogen and oxygen atoms in total. The number of pyridine rings is 1. The van der Waals surface area contributed by atoms with Gasteiger partial charge < -0.3 is 24.4 Å². The number of carbonyl (C=O) groups is 2. The molecule has 34 heavy (non-hydrogen) atoms. The van der Waals surface area contributed by atoms with Crippen molar-refractivity contribution in [3.05, 3.63) is 46.0 Å². The predicted molar refractivity (Wildman–Crippen MR) is 123 cm³/mol. The Kier molecular flexibility index (Phi) is 6.94. The first-order valence-electron chi connectivity index (χ1n) is 10.5. The van der Waals surface area contributed by atoms with Crippen LogP contribution in [0.3, 0.4) is 0 Å². The third kappa shape index (κ3) is 4.80. The summed E-state index contributed by atoms with van der Waals surface area (Å²) < 4.78 is 40.1. The number of alkyl halides is 2. The van der Waals surface area contributed by atoms with Gasteiger partial charge in [0.25, 0.3) is 11.8 Å². The van der Waals surface area contributed by atoms with E-state index in [1.807, 2.05) is 19.9 Å². The summed E-state index contributed by atoms with van der Waals surface area (Å²) in [7, 11) is 1.29. The molecule has 2 amide bonds. The molecule has 0 radical (unpaired) electrons. The summed E-state index contributed by atoms with van der Waals surface area (Å²) in [5, 5.41) is 3.54. The highest BCUT2D eigenvalue weighted by Crippen LogP contribution is 2.39. The molecule has 1 aromatic carbocycles. The zero-order valence-corrected chi connectivity index (χ0v) is 19.6. The number of morpholine rings is 1. The Hall–Kier alpha value is -3.31. The van der Waals surface area contributed by atoms with Gasteiger partial charge in [0.05, 0.1) is 26.0 Å². The zero-order chi connectivity index (χ0) is 24.4. The van der Waals surface area contributed by atoms with Crippen LogP contribution in [0.5, 0.6) is 11.5 Å². The van der Waals surface area contributed by atoms with E-state index in [-0.39, 0.29) is 23.0 Å². The number of benzene rings is 1. The van der Waals surface area contributed by atoms with Crippen LogP contribution in [0.15, 0.2) is 24.3 Å². The molecule has 0 unspecified atom stereocenters. The molecule has 11 heteroatoms. The van der Waals surface area contributed by atoms with E-state index >= 15 is 0 Å². The average Bonchev–Trinajstić information content (AvgIpc) is 3.17. The smallest absolute Gasteiger partial charge is 0.387 e. The number of rotatable bonds is 6. The van der Waals surface area contributed by atoms with Crippen LogP contribution in [0, 0.1) is 13.8 Å². The number of carbonyl (C=O) groups excluding carboxylic acids is 2. The maximum absolute atomic E-state index is 13.3. The number of nitrogens with zero attached hydrogens (tertiary/aromatic N) is 2. The van der Waals surface area contributed by atoms with Crippen molar-refractivity contribution < 1.29 is 32.6 Å². The molecule has 0 bridgehead atoms. The van der Waals surface area contributed by atoms with Crippen molar-refractivity contribution in [2.24, 2.45) is 0 Å². The van der Waals surface area contributed by atoms with Crippen molar-refractivity contribution >= 4 is 39.1 Å². The highest BCUT2D eigenvalue weighted by Gasteiger charge is 2.27. The maximum atomic E-state index is 13.3. The van der Waals surface area contributed by atoms with Crippen molar-refractivity contribution in [2.45, 2.75) is 20.5 Å². The highest BCUT2D eigenvalue weighted by atomic mass is 32.1. The maximum Gasteiger partial charge on any atom is 0.387 e. The third-order valence-corrected chi connectivity index (χ3v) is 6.43. The van der Waals surface area contributed by atoms with Crippen molar-refractivity contribution in [3.63, 3.8) is 0 Å². The van der Waals surface area contributed by atoms with Gasteiger partial charge in [-0.25, -0.2) is 4.98 Å². The highest BCUT2D eigenvalue weighted by molar-refractivity contribution is 7.21. The van der Waals surface area contributed by atoms with Crippen molar-refractivity contribution in [1.29, 1.82) is 0 Å². The summed E-state index contributed by atoms with van der Waals surface area (Å²) in [4.78, 5) is 33.8. The topological polar surface area (TPSA) is 90.0 Å². The molecule has 0 aliphatic carbocycles. The number of amides is 2. The van der Waals surface area contributed by atoms with E-state index in [1.54, 1.807) is 4.90 Å². The number of halogens is 2. The molecule has 0 spiro atoms. The second-order valence-electron chi connectivity index (χ2n) is 7.67. The molecule has 1 aliphatic heterocycles.